The van der Waals surface area contributed by atoms with Crippen LogP contribution in [0.5, 0.6) is 0 Å². The zero-order chi connectivity index (χ0) is 20.1. The number of hydrogen-bond acceptors (Lipinski definition) is 7. The van der Waals surface area contributed by atoms with E-state index >= 15 is 0 Å². The third kappa shape index (κ3) is 5.30. The van der Waals surface area contributed by atoms with E-state index in [1.165, 1.54) is 11.8 Å². The lowest BCUT2D eigenvalue weighted by Gasteiger charge is -2.05. The van der Waals surface area contributed by atoms with Gasteiger partial charge in [-0.05, 0) is 25.0 Å². The molecule has 0 aliphatic carbocycles. The van der Waals surface area contributed by atoms with E-state index in [0.29, 0.717) is 22.3 Å². The predicted octanol–water partition coefficient (Wildman–Crippen LogP) is 4.54. The second-order valence-corrected chi connectivity index (χ2v) is 8.60. The van der Waals surface area contributed by atoms with Gasteiger partial charge in [0.05, 0.1) is 28.6 Å². The average Bonchev–Trinajstić information content (AvgIpc) is 3.04. The van der Waals surface area contributed by atoms with Crippen LogP contribution in [0.1, 0.15) is 29.2 Å². The van der Waals surface area contributed by atoms with Gasteiger partial charge in [0.2, 0.25) is 5.91 Å². The fourth-order valence-electron chi connectivity index (χ4n) is 2.37. The second kappa shape index (κ2) is 9.16. The molecule has 6 nitrogen and oxygen atoms in total. The molecule has 146 valence electrons. The predicted molar refractivity (Wildman–Crippen MR) is 113 cm³/mol. The molecule has 0 fully saturated rings. The number of carbonyl (C=O) groups excluding carboxylic acids is 2. The van der Waals surface area contributed by atoms with Crippen LogP contribution in [0.3, 0.4) is 0 Å². The molecule has 0 bridgehead atoms. The summed E-state index contributed by atoms with van der Waals surface area (Å²) >= 11 is 2.48. The van der Waals surface area contributed by atoms with E-state index in [9.17, 15) is 9.59 Å². The Morgan fingerprint density at radius 3 is 2.75 bits per heavy atom. The number of esters is 1. The summed E-state index contributed by atoms with van der Waals surface area (Å²) in [5, 5.41) is 4.98. The molecule has 0 unspecified atom stereocenters. The summed E-state index contributed by atoms with van der Waals surface area (Å²) in [6.07, 6.45) is 0. The average molecular weight is 416 g/mol. The highest BCUT2D eigenvalue weighted by atomic mass is 32.2. The van der Waals surface area contributed by atoms with Gasteiger partial charge in [-0.3, -0.25) is 4.79 Å². The number of nitrogens with zero attached hydrogens (tertiary/aromatic N) is 2. The second-order valence-electron chi connectivity index (χ2n) is 6.60. The van der Waals surface area contributed by atoms with Gasteiger partial charge in [-0.1, -0.05) is 61.2 Å². The van der Waals surface area contributed by atoms with Crippen molar-refractivity contribution in [3.8, 4) is 0 Å². The van der Waals surface area contributed by atoms with Gasteiger partial charge in [-0.15, -0.1) is 0 Å². The lowest BCUT2D eigenvalue weighted by molar-refractivity contribution is -0.113. The standard InChI is InChI=1S/C20H21N3O3S2/c1-12(2)10-26-19(25)18-13(3)21-20(28-18)23-16(24)11-27-17-9-8-14-6-4-5-7-15(14)22-17/h4-9,12H,10-11H2,1-3H3,(H,21,23,24). The first-order chi connectivity index (χ1) is 13.4. The van der Waals surface area contributed by atoms with Crippen LogP contribution in [0.15, 0.2) is 41.4 Å². The number of aryl methyl sites for hydroxylation is 1. The molecule has 1 N–H and O–H groups in total. The maximum atomic E-state index is 12.2. The number of hydrogen-bond donors (Lipinski definition) is 1. The van der Waals surface area contributed by atoms with Gasteiger partial charge in [0.15, 0.2) is 5.13 Å². The van der Waals surface area contributed by atoms with E-state index in [4.69, 9.17) is 4.74 Å². The maximum Gasteiger partial charge on any atom is 0.350 e. The minimum atomic E-state index is -0.404. The topological polar surface area (TPSA) is 81.2 Å². The first-order valence-corrected chi connectivity index (χ1v) is 10.7. The summed E-state index contributed by atoms with van der Waals surface area (Å²) in [6.45, 7) is 6.03. The zero-order valence-electron chi connectivity index (χ0n) is 15.9. The van der Waals surface area contributed by atoms with Crippen molar-refractivity contribution in [3.63, 3.8) is 0 Å². The summed E-state index contributed by atoms with van der Waals surface area (Å²) < 4.78 is 5.24. The first-order valence-electron chi connectivity index (χ1n) is 8.85. The monoisotopic (exact) mass is 415 g/mol. The van der Waals surface area contributed by atoms with Crippen molar-refractivity contribution in [2.75, 3.05) is 17.7 Å². The van der Waals surface area contributed by atoms with E-state index in [1.807, 2.05) is 50.2 Å². The van der Waals surface area contributed by atoms with Crippen molar-refractivity contribution < 1.29 is 14.3 Å². The van der Waals surface area contributed by atoms with Crippen LogP contribution in [-0.4, -0.2) is 34.2 Å². The van der Waals surface area contributed by atoms with Crippen molar-refractivity contribution >= 4 is 51.0 Å². The highest BCUT2D eigenvalue weighted by Gasteiger charge is 2.18. The number of aromatic nitrogens is 2. The minimum absolute atomic E-state index is 0.198. The van der Waals surface area contributed by atoms with Crippen molar-refractivity contribution in [2.45, 2.75) is 25.8 Å². The molecule has 0 saturated carbocycles. The molecule has 0 saturated heterocycles. The summed E-state index contributed by atoms with van der Waals surface area (Å²) in [5.41, 5.74) is 1.45. The molecule has 2 aromatic heterocycles. The van der Waals surface area contributed by atoms with Crippen LogP contribution in [0, 0.1) is 12.8 Å². The molecule has 3 rings (SSSR count). The number of nitrogens with one attached hydrogen (secondary N) is 1. The Balaban J connectivity index is 1.57. The SMILES string of the molecule is Cc1nc(NC(=O)CSc2ccc3ccccc3n2)sc1C(=O)OCC(C)C. The molecule has 0 aliphatic heterocycles. The Labute approximate surface area is 171 Å². The number of amides is 1. The van der Waals surface area contributed by atoms with Crippen molar-refractivity contribution in [1.29, 1.82) is 0 Å². The van der Waals surface area contributed by atoms with E-state index in [-0.39, 0.29) is 17.6 Å². The summed E-state index contributed by atoms with van der Waals surface area (Å²) in [4.78, 5) is 33.6. The van der Waals surface area contributed by atoms with Gasteiger partial charge in [-0.25, -0.2) is 14.8 Å². The number of para-hydroxylation sites is 1. The van der Waals surface area contributed by atoms with Crippen LogP contribution >= 0.6 is 23.1 Å². The molecule has 1 amide bonds. The van der Waals surface area contributed by atoms with Crippen molar-refractivity contribution in [3.05, 3.63) is 47.0 Å². The Hall–Kier alpha value is -2.45. The van der Waals surface area contributed by atoms with Gasteiger partial charge in [0.25, 0.3) is 0 Å². The molecular formula is C20H21N3O3S2. The molecule has 0 spiro atoms. The summed E-state index contributed by atoms with van der Waals surface area (Å²) in [6, 6.07) is 11.7. The zero-order valence-corrected chi connectivity index (χ0v) is 17.5. The van der Waals surface area contributed by atoms with Gasteiger partial charge in [-0.2, -0.15) is 0 Å². The largest absolute Gasteiger partial charge is 0.461 e. The number of benzene rings is 1. The molecule has 28 heavy (non-hydrogen) atoms. The van der Waals surface area contributed by atoms with E-state index < -0.39 is 5.97 Å². The van der Waals surface area contributed by atoms with Gasteiger partial charge >= 0.3 is 5.97 Å². The van der Waals surface area contributed by atoms with Crippen molar-refractivity contribution in [1.82, 2.24) is 9.97 Å². The number of fused-ring (bicyclic) bond motifs is 1. The molecule has 3 aromatic rings. The molecule has 0 atom stereocenters. The Morgan fingerprint density at radius 2 is 1.96 bits per heavy atom. The quantitative estimate of drug-likeness (QED) is 0.451. The number of thiazole rings is 1. The third-order valence-corrected chi connectivity index (χ3v) is 5.68. The van der Waals surface area contributed by atoms with Crippen molar-refractivity contribution in [2.24, 2.45) is 5.92 Å². The van der Waals surface area contributed by atoms with E-state index in [2.05, 4.69) is 15.3 Å². The van der Waals surface area contributed by atoms with Crippen LogP contribution < -0.4 is 5.32 Å². The Kier molecular flexibility index (Phi) is 6.64. The molecule has 8 heteroatoms. The van der Waals surface area contributed by atoms with Gasteiger partial charge in [0, 0.05) is 5.39 Å². The Bertz CT molecular complexity index is 1000. The van der Waals surface area contributed by atoms with Gasteiger partial charge < -0.3 is 10.1 Å². The normalized spacial score (nSPS) is 11.0. The first kappa shape index (κ1) is 20.3. The number of carbonyl (C=O) groups is 2. The number of thioether (sulfide) groups is 1. The summed E-state index contributed by atoms with van der Waals surface area (Å²) in [5.74, 6) is -0.135. The number of pyridine rings is 1. The highest BCUT2D eigenvalue weighted by molar-refractivity contribution is 7.99. The van der Waals surface area contributed by atoms with Crippen LogP contribution in [0.4, 0.5) is 5.13 Å². The molecule has 1 aromatic carbocycles. The number of rotatable bonds is 7. The lowest BCUT2D eigenvalue weighted by atomic mass is 10.2. The molecule has 0 aliphatic rings. The van der Waals surface area contributed by atoms with Crippen LogP contribution in [-0.2, 0) is 9.53 Å². The minimum Gasteiger partial charge on any atom is -0.461 e. The lowest BCUT2D eigenvalue weighted by Crippen LogP contribution is -2.13. The molecule has 0 radical (unpaired) electrons. The van der Waals surface area contributed by atoms with Gasteiger partial charge in [0.1, 0.15) is 4.88 Å². The van der Waals surface area contributed by atoms with Crippen LogP contribution in [0.25, 0.3) is 10.9 Å². The fraction of sp³-hybridized carbons (Fsp3) is 0.300. The highest BCUT2D eigenvalue weighted by Crippen LogP contribution is 2.25. The maximum absolute atomic E-state index is 12.2. The molecular weight excluding hydrogens is 394 g/mol. The number of ether oxygens (including phenoxy) is 1. The third-order valence-electron chi connectivity index (χ3n) is 3.70. The smallest absolute Gasteiger partial charge is 0.350 e. The van der Waals surface area contributed by atoms with E-state index in [1.54, 1.807) is 6.92 Å². The van der Waals surface area contributed by atoms with E-state index in [0.717, 1.165) is 27.3 Å². The number of anilines is 1. The van der Waals surface area contributed by atoms with Crippen LogP contribution in [0.2, 0.25) is 0 Å². The summed E-state index contributed by atoms with van der Waals surface area (Å²) in [7, 11) is 0. The Morgan fingerprint density at radius 1 is 1.18 bits per heavy atom. The molecule has 2 heterocycles. The fourth-order valence-corrected chi connectivity index (χ4v) is 3.92.